The molecule has 0 aliphatic carbocycles. The van der Waals surface area contributed by atoms with E-state index in [1.807, 2.05) is 12.1 Å². The number of nitrogens with one attached hydrogen (secondary N) is 1. The van der Waals surface area contributed by atoms with Crippen LogP contribution in [0.2, 0.25) is 0 Å². The van der Waals surface area contributed by atoms with Crippen LogP contribution in [0.5, 0.6) is 0 Å². The van der Waals surface area contributed by atoms with Crippen molar-refractivity contribution in [3.8, 4) is 0 Å². The van der Waals surface area contributed by atoms with Crippen molar-refractivity contribution >= 4 is 10.9 Å². The molecule has 0 amide bonds. The largest absolute Gasteiger partial charge is 0.360 e. The smallest absolute Gasteiger partial charge is 0.147 e. The lowest BCUT2D eigenvalue weighted by Gasteiger charge is -2.20. The molecule has 1 aliphatic rings. The van der Waals surface area contributed by atoms with E-state index >= 15 is 0 Å². The predicted molar refractivity (Wildman–Crippen MR) is 66.7 cm³/mol. The molecule has 1 aromatic carbocycles. The van der Waals surface area contributed by atoms with Crippen LogP contribution in [0.1, 0.15) is 30.1 Å². The monoisotopic (exact) mass is 231 g/mol. The Morgan fingerprint density at radius 1 is 1.35 bits per heavy atom. The Morgan fingerprint density at radius 2 is 2.18 bits per heavy atom. The summed E-state index contributed by atoms with van der Waals surface area (Å²) in [6.07, 6.45) is 2.24. The third-order valence-corrected chi connectivity index (χ3v) is 3.55. The minimum Gasteiger partial charge on any atom is -0.360 e. The molecule has 0 radical (unpaired) electrons. The van der Waals surface area contributed by atoms with Crippen molar-refractivity contribution < 1.29 is 4.52 Å². The first kappa shape index (κ1) is 10.7. The molecule has 0 atom stereocenters. The molecule has 1 aromatic heterocycles. The molecule has 2 heterocycles. The van der Waals surface area contributed by atoms with Crippen LogP contribution in [-0.4, -0.2) is 18.2 Å². The maximum absolute atomic E-state index is 5.71. The zero-order chi connectivity index (χ0) is 11.7. The van der Waals surface area contributed by atoms with Gasteiger partial charge in [-0.3, -0.25) is 0 Å². The lowest BCUT2D eigenvalue weighted by atomic mass is 9.93. The fourth-order valence-electron chi connectivity index (χ4n) is 2.59. The summed E-state index contributed by atoms with van der Waals surface area (Å²) in [6.45, 7) is 2.63. The Hall–Kier alpha value is -1.39. The van der Waals surface area contributed by atoms with Crippen molar-refractivity contribution in [3.63, 3.8) is 0 Å². The van der Waals surface area contributed by atoms with Crippen LogP contribution in [0.3, 0.4) is 0 Å². The van der Waals surface area contributed by atoms with Gasteiger partial charge in [0.2, 0.25) is 0 Å². The minimum absolute atomic E-state index is 0.495. The van der Waals surface area contributed by atoms with Crippen molar-refractivity contribution in [1.29, 1.82) is 0 Å². The average molecular weight is 231 g/mol. The molecular weight excluding hydrogens is 214 g/mol. The van der Waals surface area contributed by atoms with Crippen LogP contribution in [0.4, 0.5) is 0 Å². The summed E-state index contributed by atoms with van der Waals surface area (Å²) in [5.74, 6) is 1.53. The maximum Gasteiger partial charge on any atom is 0.147 e. The fourth-order valence-corrected chi connectivity index (χ4v) is 2.59. The minimum atomic E-state index is 0.495. The van der Waals surface area contributed by atoms with E-state index in [1.54, 1.807) is 0 Å². The van der Waals surface area contributed by atoms with E-state index in [-0.39, 0.29) is 0 Å². The summed E-state index contributed by atoms with van der Waals surface area (Å²) in [5.41, 5.74) is 7.71. The number of aromatic nitrogens is 1. The van der Waals surface area contributed by atoms with Gasteiger partial charge in [-0.1, -0.05) is 17.3 Å². The Labute approximate surface area is 100 Å². The van der Waals surface area contributed by atoms with Crippen molar-refractivity contribution in [1.82, 2.24) is 10.5 Å². The first-order chi connectivity index (χ1) is 8.40. The Kier molecular flexibility index (Phi) is 2.82. The lowest BCUT2D eigenvalue weighted by molar-refractivity contribution is 0.333. The highest BCUT2D eigenvalue weighted by Gasteiger charge is 2.22. The summed E-state index contributed by atoms with van der Waals surface area (Å²) < 4.78 is 5.56. The van der Waals surface area contributed by atoms with Crippen molar-refractivity contribution in [3.05, 3.63) is 29.5 Å². The number of piperidine rings is 1. The van der Waals surface area contributed by atoms with E-state index in [0.29, 0.717) is 12.5 Å². The molecule has 0 saturated carbocycles. The van der Waals surface area contributed by atoms with E-state index in [1.165, 1.54) is 0 Å². The highest BCUT2D eigenvalue weighted by molar-refractivity contribution is 5.83. The van der Waals surface area contributed by atoms with Crippen LogP contribution in [0.25, 0.3) is 10.9 Å². The SMILES string of the molecule is NCc1cccc2c(C3CCNCC3)onc12. The standard InChI is InChI=1S/C13H17N3O/c14-8-10-2-1-3-11-12(10)16-17-13(11)9-4-6-15-7-5-9/h1-3,9,15H,4-8,14H2. The summed E-state index contributed by atoms with van der Waals surface area (Å²) >= 11 is 0. The number of rotatable bonds is 2. The van der Waals surface area contributed by atoms with Crippen LogP contribution in [0, 0.1) is 0 Å². The fraction of sp³-hybridized carbons (Fsp3) is 0.462. The molecule has 90 valence electrons. The number of benzene rings is 1. The van der Waals surface area contributed by atoms with Gasteiger partial charge < -0.3 is 15.6 Å². The lowest BCUT2D eigenvalue weighted by Crippen LogP contribution is -2.26. The molecule has 1 fully saturated rings. The molecule has 4 heteroatoms. The van der Waals surface area contributed by atoms with E-state index in [4.69, 9.17) is 10.3 Å². The molecule has 17 heavy (non-hydrogen) atoms. The third-order valence-electron chi connectivity index (χ3n) is 3.55. The summed E-state index contributed by atoms with van der Waals surface area (Å²) in [7, 11) is 0. The van der Waals surface area contributed by atoms with Gasteiger partial charge in [-0.25, -0.2) is 0 Å². The first-order valence-electron chi connectivity index (χ1n) is 6.18. The van der Waals surface area contributed by atoms with Crippen LogP contribution in [0.15, 0.2) is 22.7 Å². The second-order valence-corrected chi connectivity index (χ2v) is 4.59. The molecule has 2 aromatic rings. The van der Waals surface area contributed by atoms with Gasteiger partial charge in [-0.15, -0.1) is 0 Å². The van der Waals surface area contributed by atoms with Crippen molar-refractivity contribution in [2.45, 2.75) is 25.3 Å². The van der Waals surface area contributed by atoms with Crippen molar-refractivity contribution in [2.75, 3.05) is 13.1 Å². The highest BCUT2D eigenvalue weighted by Crippen LogP contribution is 2.32. The Balaban J connectivity index is 2.05. The van der Waals surface area contributed by atoms with Crippen LogP contribution >= 0.6 is 0 Å². The molecule has 1 saturated heterocycles. The average Bonchev–Trinajstić information content (AvgIpc) is 2.83. The van der Waals surface area contributed by atoms with Gasteiger partial charge in [-0.05, 0) is 37.6 Å². The third kappa shape index (κ3) is 1.83. The summed E-state index contributed by atoms with van der Waals surface area (Å²) in [6, 6.07) is 6.13. The zero-order valence-corrected chi connectivity index (χ0v) is 9.78. The molecule has 0 unspecified atom stereocenters. The number of nitrogens with two attached hydrogens (primary N) is 1. The van der Waals surface area contributed by atoms with E-state index in [9.17, 15) is 0 Å². The molecule has 3 rings (SSSR count). The van der Waals surface area contributed by atoms with Gasteiger partial charge >= 0.3 is 0 Å². The molecule has 1 aliphatic heterocycles. The highest BCUT2D eigenvalue weighted by atomic mass is 16.5. The number of hydrogen-bond acceptors (Lipinski definition) is 4. The topological polar surface area (TPSA) is 64.1 Å². The molecular formula is C13H17N3O. The Morgan fingerprint density at radius 3 is 2.94 bits per heavy atom. The van der Waals surface area contributed by atoms with E-state index in [2.05, 4.69) is 16.5 Å². The van der Waals surface area contributed by atoms with E-state index in [0.717, 1.165) is 48.2 Å². The quantitative estimate of drug-likeness (QED) is 0.826. The van der Waals surface area contributed by atoms with Gasteiger partial charge in [0.1, 0.15) is 11.3 Å². The summed E-state index contributed by atoms with van der Waals surface area (Å²) in [5, 5.41) is 8.69. The van der Waals surface area contributed by atoms with Crippen molar-refractivity contribution in [2.24, 2.45) is 5.73 Å². The van der Waals surface area contributed by atoms with Gasteiger partial charge in [0.15, 0.2) is 0 Å². The molecule has 0 bridgehead atoms. The predicted octanol–water partition coefficient (Wildman–Crippen LogP) is 1.75. The van der Waals surface area contributed by atoms with Gasteiger partial charge in [0, 0.05) is 17.8 Å². The van der Waals surface area contributed by atoms with Crippen LogP contribution in [-0.2, 0) is 6.54 Å². The zero-order valence-electron chi connectivity index (χ0n) is 9.78. The second-order valence-electron chi connectivity index (χ2n) is 4.59. The van der Waals surface area contributed by atoms with Crippen LogP contribution < -0.4 is 11.1 Å². The Bertz CT molecular complexity index is 514. The molecule has 4 nitrogen and oxygen atoms in total. The molecule has 0 spiro atoms. The van der Waals surface area contributed by atoms with Gasteiger partial charge in [-0.2, -0.15) is 0 Å². The first-order valence-corrected chi connectivity index (χ1v) is 6.18. The molecule has 3 N–H and O–H groups in total. The van der Waals surface area contributed by atoms with Gasteiger partial charge in [0.05, 0.1) is 0 Å². The number of fused-ring (bicyclic) bond motifs is 1. The normalized spacial score (nSPS) is 17.7. The summed E-state index contributed by atoms with van der Waals surface area (Å²) in [4.78, 5) is 0. The van der Waals surface area contributed by atoms with E-state index < -0.39 is 0 Å². The number of hydrogen-bond donors (Lipinski definition) is 2. The maximum atomic E-state index is 5.71. The number of nitrogens with zero attached hydrogens (tertiary/aromatic N) is 1. The van der Waals surface area contributed by atoms with Gasteiger partial charge in [0.25, 0.3) is 0 Å². The second kappa shape index (κ2) is 4.47.